The van der Waals surface area contributed by atoms with Crippen molar-refractivity contribution in [1.29, 1.82) is 0 Å². The van der Waals surface area contributed by atoms with E-state index in [1.165, 1.54) is 11.5 Å². The van der Waals surface area contributed by atoms with Crippen LogP contribution in [0.4, 0.5) is 10.5 Å². The van der Waals surface area contributed by atoms with Crippen LogP contribution < -0.4 is 10.9 Å². The number of benzene rings is 2. The lowest BCUT2D eigenvalue weighted by Crippen LogP contribution is -2.17. The van der Waals surface area contributed by atoms with Crippen LogP contribution in [0.25, 0.3) is 10.1 Å². The fraction of sp³-hybridized carbons (Fsp3) is 0.176. The van der Waals surface area contributed by atoms with E-state index >= 15 is 0 Å². The van der Waals surface area contributed by atoms with Gasteiger partial charge in [0.25, 0.3) is 5.56 Å². The Morgan fingerprint density at radius 2 is 1.83 bits per heavy atom. The number of aryl methyl sites for hydroxylation is 1. The third-order valence-corrected chi connectivity index (χ3v) is 4.43. The van der Waals surface area contributed by atoms with Gasteiger partial charge < -0.3 is 4.74 Å². The second-order valence-electron chi connectivity index (χ2n) is 4.98. The highest BCUT2D eigenvalue weighted by atomic mass is 32.1. The lowest BCUT2D eigenvalue weighted by Gasteiger charge is -2.06. The van der Waals surface area contributed by atoms with Gasteiger partial charge in [-0.2, -0.15) is 0 Å². The number of para-hydroxylation sites is 1. The summed E-state index contributed by atoms with van der Waals surface area (Å²) in [4.78, 5) is 23.8. The van der Waals surface area contributed by atoms with Crippen LogP contribution in [-0.4, -0.2) is 16.7 Å². The monoisotopic (exact) mass is 328 g/mol. The highest BCUT2D eigenvalue weighted by Gasteiger charge is 2.07. The predicted molar refractivity (Wildman–Crippen MR) is 92.1 cm³/mol. The maximum absolute atomic E-state index is 12.2. The minimum atomic E-state index is -0.486. The molecule has 3 aromatic rings. The average molecular weight is 328 g/mol. The fourth-order valence-electron chi connectivity index (χ4n) is 2.21. The molecule has 23 heavy (non-hydrogen) atoms. The molecule has 1 amide bonds. The summed E-state index contributed by atoms with van der Waals surface area (Å²) in [5, 5.41) is 3.38. The van der Waals surface area contributed by atoms with E-state index in [9.17, 15) is 9.59 Å². The minimum Gasteiger partial charge on any atom is -0.449 e. The maximum Gasteiger partial charge on any atom is 0.411 e. The summed E-state index contributed by atoms with van der Waals surface area (Å²) in [6.07, 6.45) is 0.106. The van der Waals surface area contributed by atoms with Crippen molar-refractivity contribution >= 4 is 33.4 Å². The molecule has 0 saturated carbocycles. The second-order valence-corrected chi connectivity index (χ2v) is 6.04. The third kappa shape index (κ3) is 3.78. The molecule has 0 aliphatic carbocycles. The van der Waals surface area contributed by atoms with Gasteiger partial charge in [-0.25, -0.2) is 4.79 Å². The molecule has 0 bridgehead atoms. The SMILES string of the molecule is O=C(Nc1ccccc1)OCCCn1sc2ccccc2c1=O. The van der Waals surface area contributed by atoms with Gasteiger partial charge in [0.2, 0.25) is 0 Å². The van der Waals surface area contributed by atoms with E-state index in [0.717, 1.165) is 10.1 Å². The Morgan fingerprint density at radius 3 is 2.61 bits per heavy atom. The van der Waals surface area contributed by atoms with Crippen LogP contribution in [0.5, 0.6) is 0 Å². The van der Waals surface area contributed by atoms with Crippen molar-refractivity contribution in [3.63, 3.8) is 0 Å². The van der Waals surface area contributed by atoms with E-state index in [-0.39, 0.29) is 12.2 Å². The summed E-state index contributed by atoms with van der Waals surface area (Å²) < 4.78 is 7.79. The normalized spacial score (nSPS) is 10.6. The highest BCUT2D eigenvalue weighted by Crippen LogP contribution is 2.16. The number of aromatic nitrogens is 1. The number of carbonyl (C=O) groups is 1. The van der Waals surface area contributed by atoms with Crippen molar-refractivity contribution in [3.05, 3.63) is 65.0 Å². The van der Waals surface area contributed by atoms with E-state index in [1.54, 1.807) is 16.1 Å². The zero-order valence-electron chi connectivity index (χ0n) is 12.4. The lowest BCUT2D eigenvalue weighted by atomic mass is 10.3. The number of hydrogen-bond donors (Lipinski definition) is 1. The molecular weight excluding hydrogens is 312 g/mol. The van der Waals surface area contributed by atoms with E-state index in [2.05, 4.69) is 5.32 Å². The Morgan fingerprint density at radius 1 is 1.09 bits per heavy atom. The van der Waals surface area contributed by atoms with E-state index in [1.807, 2.05) is 42.5 Å². The first-order chi connectivity index (χ1) is 11.2. The van der Waals surface area contributed by atoms with Crippen LogP contribution in [0.2, 0.25) is 0 Å². The third-order valence-electron chi connectivity index (χ3n) is 3.31. The van der Waals surface area contributed by atoms with Gasteiger partial charge in [-0.1, -0.05) is 41.9 Å². The van der Waals surface area contributed by atoms with Gasteiger partial charge >= 0.3 is 6.09 Å². The Bertz CT molecular complexity index is 855. The molecule has 0 atom stereocenters. The molecule has 118 valence electrons. The predicted octanol–water partition coefficient (Wildman–Crippen LogP) is 3.70. The Labute approximate surface area is 137 Å². The van der Waals surface area contributed by atoms with Crippen molar-refractivity contribution in [2.45, 2.75) is 13.0 Å². The summed E-state index contributed by atoms with van der Waals surface area (Å²) in [6, 6.07) is 16.7. The van der Waals surface area contributed by atoms with Gasteiger partial charge in [0.05, 0.1) is 16.7 Å². The molecule has 2 aromatic carbocycles. The zero-order chi connectivity index (χ0) is 16.1. The average Bonchev–Trinajstić information content (AvgIpc) is 2.89. The number of amides is 1. The van der Waals surface area contributed by atoms with Gasteiger partial charge in [-0.15, -0.1) is 0 Å². The minimum absolute atomic E-state index is 0.0133. The molecule has 0 fully saturated rings. The molecule has 1 aromatic heterocycles. The standard InChI is InChI=1S/C17H16N2O3S/c20-16-14-9-4-5-10-15(14)23-19(16)11-6-12-22-17(21)18-13-7-2-1-3-8-13/h1-5,7-10H,6,11-12H2,(H,18,21). The number of carbonyl (C=O) groups excluding carboxylic acids is 1. The summed E-state index contributed by atoms with van der Waals surface area (Å²) >= 11 is 1.43. The number of nitrogens with zero attached hydrogens (tertiary/aromatic N) is 1. The van der Waals surface area contributed by atoms with Crippen LogP contribution in [0, 0.1) is 0 Å². The number of rotatable bonds is 5. The lowest BCUT2D eigenvalue weighted by molar-refractivity contribution is 0.158. The number of hydrogen-bond acceptors (Lipinski definition) is 4. The first kappa shape index (κ1) is 15.3. The zero-order valence-corrected chi connectivity index (χ0v) is 13.2. The van der Waals surface area contributed by atoms with Crippen LogP contribution >= 0.6 is 11.5 Å². The number of fused-ring (bicyclic) bond motifs is 1. The molecule has 0 unspecified atom stereocenters. The van der Waals surface area contributed by atoms with Crippen LogP contribution in [0.3, 0.4) is 0 Å². The van der Waals surface area contributed by atoms with Gasteiger partial charge in [0.1, 0.15) is 0 Å². The molecule has 0 saturated heterocycles. The van der Waals surface area contributed by atoms with Crippen LogP contribution in [0.15, 0.2) is 59.4 Å². The maximum atomic E-state index is 12.2. The Balaban J connectivity index is 1.48. The molecular formula is C17H16N2O3S. The van der Waals surface area contributed by atoms with Gasteiger partial charge in [0, 0.05) is 18.7 Å². The first-order valence-corrected chi connectivity index (χ1v) is 8.09. The van der Waals surface area contributed by atoms with Crippen molar-refractivity contribution in [1.82, 2.24) is 3.96 Å². The molecule has 6 heteroatoms. The van der Waals surface area contributed by atoms with Crippen molar-refractivity contribution < 1.29 is 9.53 Å². The second kappa shape index (κ2) is 7.11. The van der Waals surface area contributed by atoms with Crippen LogP contribution in [-0.2, 0) is 11.3 Å². The molecule has 5 nitrogen and oxygen atoms in total. The summed E-state index contributed by atoms with van der Waals surface area (Å²) in [6.45, 7) is 0.802. The topological polar surface area (TPSA) is 60.3 Å². The van der Waals surface area contributed by atoms with Crippen LogP contribution in [0.1, 0.15) is 6.42 Å². The Hall–Kier alpha value is -2.60. The first-order valence-electron chi connectivity index (χ1n) is 7.32. The summed E-state index contributed by atoms with van der Waals surface area (Å²) in [7, 11) is 0. The highest BCUT2D eigenvalue weighted by molar-refractivity contribution is 7.13. The van der Waals surface area contributed by atoms with Crippen molar-refractivity contribution in [3.8, 4) is 0 Å². The number of ether oxygens (including phenoxy) is 1. The summed E-state index contributed by atoms with van der Waals surface area (Å²) in [5.74, 6) is 0. The summed E-state index contributed by atoms with van der Waals surface area (Å²) in [5.41, 5.74) is 0.706. The largest absolute Gasteiger partial charge is 0.449 e. The van der Waals surface area contributed by atoms with E-state index in [4.69, 9.17) is 4.74 Å². The van der Waals surface area contributed by atoms with Gasteiger partial charge in [-0.05, 0) is 24.3 Å². The van der Waals surface area contributed by atoms with Gasteiger partial charge in [-0.3, -0.25) is 14.1 Å². The van der Waals surface area contributed by atoms with Crippen molar-refractivity contribution in [2.24, 2.45) is 0 Å². The molecule has 0 aliphatic rings. The molecule has 0 spiro atoms. The fourth-order valence-corrected chi connectivity index (χ4v) is 3.25. The van der Waals surface area contributed by atoms with Gasteiger partial charge in [0.15, 0.2) is 0 Å². The quantitative estimate of drug-likeness (QED) is 0.727. The molecule has 1 N–H and O–H groups in total. The van der Waals surface area contributed by atoms with E-state index in [0.29, 0.717) is 18.7 Å². The smallest absolute Gasteiger partial charge is 0.411 e. The molecule has 0 aliphatic heterocycles. The number of nitrogens with one attached hydrogen (secondary N) is 1. The van der Waals surface area contributed by atoms with Crippen molar-refractivity contribution in [2.75, 3.05) is 11.9 Å². The van der Waals surface area contributed by atoms with E-state index < -0.39 is 6.09 Å². The Kier molecular flexibility index (Phi) is 4.73. The molecule has 3 rings (SSSR count). The number of anilines is 1. The molecule has 0 radical (unpaired) electrons. The molecule has 1 heterocycles.